The van der Waals surface area contributed by atoms with E-state index in [0.717, 1.165) is 21.7 Å². The van der Waals surface area contributed by atoms with E-state index in [1.54, 1.807) is 0 Å². The largest absolute Gasteiger partial charge is 0.333 e. The third-order valence-electron chi connectivity index (χ3n) is 3.57. The summed E-state index contributed by atoms with van der Waals surface area (Å²) in [6.07, 6.45) is 0. The van der Waals surface area contributed by atoms with Gasteiger partial charge in [-0.3, -0.25) is 4.79 Å². The van der Waals surface area contributed by atoms with Crippen LogP contribution in [0.1, 0.15) is 31.2 Å². The number of aryl methyl sites for hydroxylation is 2. The minimum atomic E-state index is -0.260. The highest BCUT2D eigenvalue weighted by Crippen LogP contribution is 2.21. The molecule has 25 heavy (non-hydrogen) atoms. The van der Waals surface area contributed by atoms with Gasteiger partial charge in [0.2, 0.25) is 5.78 Å². The number of rotatable bonds is 5. The van der Waals surface area contributed by atoms with Crippen LogP contribution in [0, 0.1) is 13.8 Å². The average Bonchev–Trinajstić information content (AvgIpc) is 3.23. The molecule has 0 saturated heterocycles. The van der Waals surface area contributed by atoms with Gasteiger partial charge in [-0.05, 0) is 60.7 Å². The van der Waals surface area contributed by atoms with Crippen molar-refractivity contribution in [2.24, 2.45) is 0 Å². The molecule has 1 aromatic carbocycles. The van der Waals surface area contributed by atoms with Crippen molar-refractivity contribution in [1.29, 1.82) is 0 Å². The molecule has 2 N–H and O–H groups in total. The summed E-state index contributed by atoms with van der Waals surface area (Å²) in [5.41, 5.74) is 3.68. The maximum atomic E-state index is 12.3. The van der Waals surface area contributed by atoms with Gasteiger partial charge in [-0.25, -0.2) is 4.79 Å². The normalized spacial score (nSPS) is 10.5. The predicted molar refractivity (Wildman–Crippen MR) is 104 cm³/mol. The number of amides is 2. The number of nitrogens with one attached hydrogen (secondary N) is 2. The lowest BCUT2D eigenvalue weighted by atomic mass is 10.1. The minimum absolute atomic E-state index is 0.0252. The van der Waals surface area contributed by atoms with E-state index >= 15 is 0 Å². The first-order chi connectivity index (χ1) is 12.0. The number of urea groups is 1. The van der Waals surface area contributed by atoms with Crippen molar-refractivity contribution in [3.8, 4) is 0 Å². The zero-order chi connectivity index (χ0) is 17.8. The van der Waals surface area contributed by atoms with E-state index in [1.807, 2.05) is 54.9 Å². The third-order valence-corrected chi connectivity index (χ3v) is 5.34. The molecule has 128 valence electrons. The van der Waals surface area contributed by atoms with E-state index in [9.17, 15) is 9.59 Å². The van der Waals surface area contributed by atoms with Gasteiger partial charge in [-0.15, -0.1) is 11.3 Å². The topological polar surface area (TPSA) is 58.2 Å². The molecule has 0 radical (unpaired) electrons. The van der Waals surface area contributed by atoms with Gasteiger partial charge >= 0.3 is 6.03 Å². The first-order valence-electron chi connectivity index (χ1n) is 7.80. The molecule has 0 unspecified atom stereocenters. The molecule has 4 nitrogen and oxygen atoms in total. The van der Waals surface area contributed by atoms with Crippen LogP contribution in [0.3, 0.4) is 0 Å². The summed E-state index contributed by atoms with van der Waals surface area (Å²) in [7, 11) is 0. The van der Waals surface area contributed by atoms with Gasteiger partial charge in [-0.2, -0.15) is 11.3 Å². The van der Waals surface area contributed by atoms with Crippen LogP contribution < -0.4 is 10.6 Å². The molecule has 0 atom stereocenters. The predicted octanol–water partition coefficient (Wildman–Crippen LogP) is 4.98. The smallest absolute Gasteiger partial charge is 0.319 e. The van der Waals surface area contributed by atoms with Crippen LogP contribution in [-0.2, 0) is 6.54 Å². The molecule has 0 saturated carbocycles. The van der Waals surface area contributed by atoms with Crippen LogP contribution in [0.25, 0.3) is 0 Å². The summed E-state index contributed by atoms with van der Waals surface area (Å²) in [6.45, 7) is 4.37. The molecule has 3 aromatic rings. The Morgan fingerprint density at radius 2 is 1.80 bits per heavy atom. The molecule has 2 aromatic heterocycles. The van der Waals surface area contributed by atoms with Crippen LogP contribution in [-0.4, -0.2) is 11.8 Å². The molecule has 2 heterocycles. The molecule has 0 spiro atoms. The Hall–Kier alpha value is -2.44. The van der Waals surface area contributed by atoms with Crippen molar-refractivity contribution < 1.29 is 9.59 Å². The third kappa shape index (κ3) is 4.55. The van der Waals surface area contributed by atoms with Crippen molar-refractivity contribution in [3.63, 3.8) is 0 Å². The van der Waals surface area contributed by atoms with E-state index in [4.69, 9.17) is 0 Å². The van der Waals surface area contributed by atoms with Crippen molar-refractivity contribution >= 4 is 40.2 Å². The van der Waals surface area contributed by atoms with E-state index in [-0.39, 0.29) is 11.8 Å². The van der Waals surface area contributed by atoms with Gasteiger partial charge in [0.25, 0.3) is 0 Å². The summed E-state index contributed by atoms with van der Waals surface area (Å²) in [4.78, 5) is 26.0. The Morgan fingerprint density at radius 3 is 2.48 bits per heavy atom. The number of hydrogen-bond acceptors (Lipinski definition) is 4. The fraction of sp³-hybridized carbons (Fsp3) is 0.158. The Morgan fingerprint density at radius 1 is 1.04 bits per heavy atom. The Labute approximate surface area is 154 Å². The Kier molecular flexibility index (Phi) is 5.31. The highest BCUT2D eigenvalue weighted by Gasteiger charge is 2.12. The van der Waals surface area contributed by atoms with Crippen molar-refractivity contribution in [2.75, 3.05) is 5.32 Å². The zero-order valence-corrected chi connectivity index (χ0v) is 15.6. The van der Waals surface area contributed by atoms with Crippen LogP contribution >= 0.6 is 22.7 Å². The lowest BCUT2D eigenvalue weighted by molar-refractivity contribution is 0.104. The quantitative estimate of drug-likeness (QED) is 0.622. The number of hydrogen-bond donors (Lipinski definition) is 2. The molecule has 0 aliphatic heterocycles. The Bertz CT molecular complexity index is 878. The van der Waals surface area contributed by atoms with Gasteiger partial charge < -0.3 is 10.6 Å². The average molecular weight is 370 g/mol. The van der Waals surface area contributed by atoms with Gasteiger partial charge in [0.1, 0.15) is 0 Å². The molecule has 0 aliphatic carbocycles. The minimum Gasteiger partial charge on any atom is -0.333 e. The van der Waals surface area contributed by atoms with Crippen LogP contribution in [0.2, 0.25) is 0 Å². The molecule has 0 bridgehead atoms. The van der Waals surface area contributed by atoms with Crippen molar-refractivity contribution in [3.05, 3.63) is 73.6 Å². The summed E-state index contributed by atoms with van der Waals surface area (Å²) < 4.78 is 0. The second kappa shape index (κ2) is 7.63. The highest BCUT2D eigenvalue weighted by atomic mass is 32.1. The number of benzene rings is 1. The van der Waals surface area contributed by atoms with Gasteiger partial charge in [-0.1, -0.05) is 6.07 Å². The highest BCUT2D eigenvalue weighted by molar-refractivity contribution is 7.14. The van der Waals surface area contributed by atoms with Crippen LogP contribution in [0.4, 0.5) is 10.5 Å². The summed E-state index contributed by atoms with van der Waals surface area (Å²) in [5, 5.41) is 9.39. The molecule has 0 fully saturated rings. The number of ketones is 1. The first-order valence-corrected chi connectivity index (χ1v) is 9.56. The fourth-order valence-electron chi connectivity index (χ4n) is 2.52. The van der Waals surface area contributed by atoms with E-state index < -0.39 is 0 Å². The monoisotopic (exact) mass is 370 g/mol. The summed E-state index contributed by atoms with van der Waals surface area (Å²) in [5.74, 6) is 0.0252. The fourth-order valence-corrected chi connectivity index (χ4v) is 4.07. The lowest BCUT2D eigenvalue weighted by Crippen LogP contribution is -2.27. The van der Waals surface area contributed by atoms with Gasteiger partial charge in [0.15, 0.2) is 0 Å². The van der Waals surface area contributed by atoms with Crippen molar-refractivity contribution in [2.45, 2.75) is 20.4 Å². The molecule has 0 aliphatic rings. The summed E-state index contributed by atoms with van der Waals surface area (Å²) >= 11 is 2.91. The van der Waals surface area contributed by atoms with Crippen molar-refractivity contribution in [1.82, 2.24) is 5.32 Å². The number of carbonyl (C=O) groups excluding carboxylic acids is 2. The molecular formula is C19H18N2O2S2. The molecule has 6 heteroatoms. The summed E-state index contributed by atoms with van der Waals surface area (Å²) in [6, 6.07) is 11.2. The number of anilines is 1. The van der Waals surface area contributed by atoms with Crippen LogP contribution in [0.15, 0.2) is 47.2 Å². The van der Waals surface area contributed by atoms with Gasteiger partial charge in [0.05, 0.1) is 11.4 Å². The zero-order valence-electron chi connectivity index (χ0n) is 14.0. The molecular weight excluding hydrogens is 352 g/mol. The SMILES string of the molecule is Cc1cc(C)cc(NC(=O)NCc2ccc(C(=O)c3ccsc3)s2)c1. The van der Waals surface area contributed by atoms with E-state index in [2.05, 4.69) is 16.7 Å². The Balaban J connectivity index is 1.57. The number of carbonyl (C=O) groups is 2. The number of thiophene rings is 2. The van der Waals surface area contributed by atoms with E-state index in [1.165, 1.54) is 22.7 Å². The molecule has 2 amide bonds. The lowest BCUT2D eigenvalue weighted by Gasteiger charge is -2.08. The second-order valence-corrected chi connectivity index (χ2v) is 7.74. The maximum absolute atomic E-state index is 12.3. The maximum Gasteiger partial charge on any atom is 0.319 e. The standard InChI is InChI=1S/C19H18N2O2S2/c1-12-7-13(2)9-15(8-12)21-19(23)20-10-16-3-4-17(25-16)18(22)14-5-6-24-11-14/h3-9,11H,10H2,1-2H3,(H2,20,21,23). The van der Waals surface area contributed by atoms with Crippen LogP contribution in [0.5, 0.6) is 0 Å². The first kappa shape index (κ1) is 17.4. The van der Waals surface area contributed by atoms with E-state index in [0.29, 0.717) is 17.0 Å². The molecule has 3 rings (SSSR count). The van der Waals surface area contributed by atoms with Gasteiger partial charge in [0, 0.05) is 21.5 Å². The second-order valence-electron chi connectivity index (χ2n) is 5.79.